The van der Waals surface area contributed by atoms with Gasteiger partial charge in [0.25, 0.3) is 0 Å². The van der Waals surface area contributed by atoms with Crippen molar-refractivity contribution in [1.82, 2.24) is 10.2 Å². The second kappa shape index (κ2) is 31.8. The van der Waals surface area contributed by atoms with Gasteiger partial charge in [-0.05, 0) is 69.8 Å². The molecular weight excluding hydrogens is 901 g/mol. The van der Waals surface area contributed by atoms with E-state index in [1.54, 1.807) is 54.4 Å². The van der Waals surface area contributed by atoms with E-state index in [2.05, 4.69) is 49.5 Å². The number of nitrogens with zero attached hydrogens (tertiary/aromatic N) is 1. The fraction of sp³-hybridized carbons (Fsp3) is 0.547. The molecule has 1 aliphatic heterocycles. The van der Waals surface area contributed by atoms with Gasteiger partial charge in [-0.25, -0.2) is 4.79 Å². The highest BCUT2D eigenvalue weighted by molar-refractivity contribution is 6.15. The summed E-state index contributed by atoms with van der Waals surface area (Å²) in [6.45, 7) is 13.8. The van der Waals surface area contributed by atoms with Gasteiger partial charge < -0.3 is 44.4 Å². The van der Waals surface area contributed by atoms with E-state index in [0.29, 0.717) is 11.5 Å². The van der Waals surface area contributed by atoms with Crippen LogP contribution in [0.4, 0.5) is 0 Å². The van der Waals surface area contributed by atoms with Gasteiger partial charge in [0.2, 0.25) is 12.2 Å². The van der Waals surface area contributed by atoms with E-state index in [1.807, 2.05) is 33.0 Å². The molecule has 17 heteroatoms. The maximum atomic E-state index is 13.1. The molecule has 1 saturated carbocycles. The summed E-state index contributed by atoms with van der Waals surface area (Å²) in [5.41, 5.74) is 6.65. The minimum atomic E-state index is -1.61. The van der Waals surface area contributed by atoms with E-state index in [9.17, 15) is 33.6 Å². The quantitative estimate of drug-likeness (QED) is 0.00884. The Bertz CT molecular complexity index is 2030. The molecule has 386 valence electrons. The SMILES string of the molecule is COC(=O)C1OC(OC(C(C)=CC(C)CCCC=CC(C)CC=CCCCN(C)C(=N)N)C(C)/C=C/C=C/C=C/C=CC=C(C)C(=O)NC2C(=O)CCC2=O)C(OC(C)=O)C(OC(C)=O)C1OC(C)=O. The van der Waals surface area contributed by atoms with Crippen LogP contribution in [0.2, 0.25) is 0 Å². The molecule has 1 saturated heterocycles. The summed E-state index contributed by atoms with van der Waals surface area (Å²) >= 11 is 0. The van der Waals surface area contributed by atoms with Crippen LogP contribution >= 0.6 is 0 Å². The number of nitrogens with one attached hydrogen (secondary N) is 2. The van der Waals surface area contributed by atoms with Crippen LogP contribution < -0.4 is 11.1 Å². The topological polar surface area (TPSA) is 240 Å². The molecule has 0 aromatic carbocycles. The second-order valence-corrected chi connectivity index (χ2v) is 17.7. The fourth-order valence-corrected chi connectivity index (χ4v) is 7.62. The van der Waals surface area contributed by atoms with Gasteiger partial charge in [0.1, 0.15) is 6.04 Å². The molecule has 2 aliphatic rings. The molecule has 2 fully saturated rings. The van der Waals surface area contributed by atoms with E-state index in [1.165, 1.54) is 0 Å². The summed E-state index contributed by atoms with van der Waals surface area (Å²) in [7, 11) is 2.93. The van der Waals surface area contributed by atoms with Crippen LogP contribution in [0.3, 0.4) is 0 Å². The molecule has 0 aromatic rings. The van der Waals surface area contributed by atoms with Crippen LogP contribution in [-0.2, 0) is 62.0 Å². The summed E-state index contributed by atoms with van der Waals surface area (Å²) < 4.78 is 34.4. The van der Waals surface area contributed by atoms with Crippen molar-refractivity contribution in [2.24, 2.45) is 23.5 Å². The van der Waals surface area contributed by atoms with Gasteiger partial charge in [0, 0.05) is 58.7 Å². The van der Waals surface area contributed by atoms with E-state index in [-0.39, 0.29) is 42.2 Å². The number of methoxy groups -OCH3 is 1. The Kier molecular flexibility index (Phi) is 27.3. The zero-order valence-corrected chi connectivity index (χ0v) is 42.6. The van der Waals surface area contributed by atoms with E-state index in [4.69, 9.17) is 39.6 Å². The molecule has 0 bridgehead atoms. The van der Waals surface area contributed by atoms with Gasteiger partial charge in [-0.15, -0.1) is 0 Å². The Balaban J connectivity index is 2.30. The van der Waals surface area contributed by atoms with Gasteiger partial charge in [0.15, 0.2) is 41.9 Å². The molecule has 2 rings (SSSR count). The minimum absolute atomic E-state index is 0.0713. The monoisotopic (exact) mass is 977 g/mol. The molecule has 0 radical (unpaired) electrons. The first-order valence-corrected chi connectivity index (χ1v) is 23.8. The molecule has 0 spiro atoms. The molecule has 0 aromatic heterocycles. The number of carbonyl (C=O) groups excluding carboxylic acids is 7. The molecule has 4 N–H and O–H groups in total. The predicted molar refractivity (Wildman–Crippen MR) is 265 cm³/mol. The summed E-state index contributed by atoms with van der Waals surface area (Å²) in [5, 5.41) is 9.95. The molecule has 1 heterocycles. The molecule has 1 amide bonds. The lowest BCUT2D eigenvalue weighted by Crippen LogP contribution is -2.64. The molecule has 9 atom stereocenters. The number of rotatable bonds is 27. The number of amides is 1. The van der Waals surface area contributed by atoms with Crippen LogP contribution in [0.5, 0.6) is 0 Å². The van der Waals surface area contributed by atoms with Gasteiger partial charge >= 0.3 is 23.9 Å². The molecule has 17 nitrogen and oxygen atoms in total. The van der Waals surface area contributed by atoms with E-state index >= 15 is 0 Å². The number of Topliss-reactive ketones (excluding diaryl/α,β-unsaturated/α-hetero) is 2. The Morgan fingerprint density at radius 1 is 0.771 bits per heavy atom. The summed E-state index contributed by atoms with van der Waals surface area (Å²) in [4.78, 5) is 88.3. The van der Waals surface area contributed by atoms with Crippen molar-refractivity contribution in [3.63, 3.8) is 0 Å². The summed E-state index contributed by atoms with van der Waals surface area (Å²) in [6, 6.07) is -1.08. The molecule has 70 heavy (non-hydrogen) atoms. The lowest BCUT2D eigenvalue weighted by atomic mass is 9.92. The lowest BCUT2D eigenvalue weighted by molar-refractivity contribution is -0.309. The van der Waals surface area contributed by atoms with E-state index in [0.717, 1.165) is 78.5 Å². The maximum absolute atomic E-state index is 13.1. The smallest absolute Gasteiger partial charge is 0.339 e. The fourth-order valence-electron chi connectivity index (χ4n) is 7.62. The average Bonchev–Trinajstić information content (AvgIpc) is 3.61. The zero-order valence-electron chi connectivity index (χ0n) is 42.6. The third-order valence-electron chi connectivity index (χ3n) is 11.4. The Hall–Kier alpha value is -6.20. The van der Waals surface area contributed by atoms with E-state index < -0.39 is 72.6 Å². The van der Waals surface area contributed by atoms with Gasteiger partial charge in [-0.1, -0.05) is 106 Å². The minimum Gasteiger partial charge on any atom is -0.467 e. The lowest BCUT2D eigenvalue weighted by Gasteiger charge is -2.44. The van der Waals surface area contributed by atoms with Crippen molar-refractivity contribution >= 4 is 47.3 Å². The number of esters is 4. The first kappa shape index (κ1) is 59.9. The Morgan fingerprint density at radius 2 is 1.34 bits per heavy atom. The highest BCUT2D eigenvalue weighted by Crippen LogP contribution is 2.33. The summed E-state index contributed by atoms with van der Waals surface area (Å²) in [6.07, 6.45) is 24.1. The largest absolute Gasteiger partial charge is 0.467 e. The van der Waals surface area contributed by atoms with Crippen LogP contribution in [0, 0.1) is 23.2 Å². The number of hydrogen-bond acceptors (Lipinski definition) is 14. The predicted octanol–water partition coefficient (Wildman–Crippen LogP) is 6.79. The highest BCUT2D eigenvalue weighted by Gasteiger charge is 2.56. The maximum Gasteiger partial charge on any atom is 0.339 e. The Labute approximate surface area is 413 Å². The first-order chi connectivity index (χ1) is 33.2. The van der Waals surface area contributed by atoms with Crippen molar-refractivity contribution in [2.45, 2.75) is 150 Å². The van der Waals surface area contributed by atoms with Crippen molar-refractivity contribution < 1.29 is 62.0 Å². The van der Waals surface area contributed by atoms with Gasteiger partial charge in [0.05, 0.1) is 13.2 Å². The number of nitrogens with two attached hydrogens (primary N) is 1. The zero-order chi connectivity index (χ0) is 52.3. The number of hydrogen-bond donors (Lipinski definition) is 3. The van der Waals surface area contributed by atoms with Crippen molar-refractivity contribution in [2.75, 3.05) is 20.7 Å². The molecule has 1 aliphatic carbocycles. The summed E-state index contributed by atoms with van der Waals surface area (Å²) in [5.74, 6) is -4.16. The number of allylic oxidation sites excluding steroid dienone is 13. The van der Waals surface area contributed by atoms with Crippen LogP contribution in [0.15, 0.2) is 96.2 Å². The third-order valence-corrected chi connectivity index (χ3v) is 11.4. The first-order valence-electron chi connectivity index (χ1n) is 23.8. The third kappa shape index (κ3) is 22.0. The average molecular weight is 977 g/mol. The van der Waals surface area contributed by atoms with Crippen LogP contribution in [0.25, 0.3) is 0 Å². The number of unbranched alkanes of at least 4 members (excludes halogenated alkanes) is 2. The van der Waals surface area contributed by atoms with Crippen LogP contribution in [-0.4, -0.2) is 116 Å². The van der Waals surface area contributed by atoms with Crippen molar-refractivity contribution in [3.05, 3.63) is 96.2 Å². The van der Waals surface area contributed by atoms with Crippen molar-refractivity contribution in [3.8, 4) is 0 Å². The number of ketones is 2. The number of guanidine groups is 1. The van der Waals surface area contributed by atoms with Crippen molar-refractivity contribution in [1.29, 1.82) is 5.41 Å². The molecule has 9 unspecified atom stereocenters. The van der Waals surface area contributed by atoms with Crippen LogP contribution in [0.1, 0.15) is 107 Å². The van der Waals surface area contributed by atoms with Gasteiger partial charge in [-0.3, -0.25) is 34.2 Å². The number of ether oxygens (including phenoxy) is 6. The molecular formula is C53H76N4O13. The Morgan fingerprint density at radius 3 is 1.94 bits per heavy atom. The number of carbonyl (C=O) groups is 7. The van der Waals surface area contributed by atoms with Gasteiger partial charge in [-0.2, -0.15) is 0 Å². The standard InChI is InChI=1S/C53H76N4O13/c1-34(25-19-16-17-24-32-57(9)53(54)55)26-20-18-21-27-35(2)33-38(5)45(36(3)28-22-14-12-11-13-15-23-29-37(4)50(63)56-44-42(61)30-31-43(44)62)69-52-49(68-41(8)60)47(67-40(7)59)46(66-39(6)58)48(70-52)51(64)65-10/h11-16,19-20,22-23,26,28-29,33-36,44-49,52H,17-18,21,24-25,27,30-32H2,1-10H3,(H3,54,55)(H,56,63)/b13-11+,14-12+,19-16?,23-15?,26-20?,28-22+,37-29?,38-33?. The second-order valence-electron chi connectivity index (χ2n) is 17.7. The highest BCUT2D eigenvalue weighted by atomic mass is 16.7. The normalized spacial score (nSPS) is 22.3.